The maximum atomic E-state index is 13.2. The maximum Gasteiger partial charge on any atom is 0.129 e. The van der Waals surface area contributed by atoms with Gasteiger partial charge in [-0.25, -0.2) is 4.39 Å². The molecule has 0 radical (unpaired) electrons. The molecule has 90 valence electrons. The third-order valence-corrected chi connectivity index (χ3v) is 3.10. The van der Waals surface area contributed by atoms with Crippen molar-refractivity contribution >= 4 is 12.6 Å². The molecule has 0 aliphatic rings. The second kappa shape index (κ2) is 6.79. The average molecular weight is 242 g/mol. The Kier molecular flexibility index (Phi) is 5.67. The van der Waals surface area contributed by atoms with Crippen molar-refractivity contribution in [3.8, 4) is 5.75 Å². The number of benzene rings is 1. The molecule has 3 heteroatoms. The Bertz CT molecular complexity index is 328. The topological polar surface area (TPSA) is 9.23 Å². The second-order valence-corrected chi connectivity index (χ2v) is 4.42. The normalized spacial score (nSPS) is 12.5. The van der Waals surface area contributed by atoms with Gasteiger partial charge < -0.3 is 4.74 Å². The fraction of sp³-hybridized carbons (Fsp3) is 0.538. The molecule has 0 fully saturated rings. The Labute approximate surface area is 102 Å². The Morgan fingerprint density at radius 2 is 2.19 bits per heavy atom. The van der Waals surface area contributed by atoms with E-state index in [9.17, 15) is 4.39 Å². The molecule has 0 bridgehead atoms. The lowest BCUT2D eigenvalue weighted by Crippen LogP contribution is -2.13. The van der Waals surface area contributed by atoms with Crippen molar-refractivity contribution in [3.05, 3.63) is 29.6 Å². The zero-order chi connectivity index (χ0) is 12.0. The van der Waals surface area contributed by atoms with Crippen molar-refractivity contribution in [2.75, 3.05) is 12.4 Å². The zero-order valence-electron chi connectivity index (χ0n) is 9.87. The first-order valence-electron chi connectivity index (χ1n) is 5.67. The van der Waals surface area contributed by atoms with Crippen LogP contribution in [0, 0.1) is 18.7 Å². The van der Waals surface area contributed by atoms with Gasteiger partial charge in [0.25, 0.3) is 0 Å². The van der Waals surface area contributed by atoms with E-state index in [-0.39, 0.29) is 5.82 Å². The molecule has 1 unspecified atom stereocenters. The predicted octanol–water partition coefficient (Wildman–Crippen LogP) is 3.86. The molecule has 0 saturated heterocycles. The van der Waals surface area contributed by atoms with Crippen LogP contribution in [0.3, 0.4) is 0 Å². The highest BCUT2D eigenvalue weighted by Gasteiger charge is 2.07. The highest BCUT2D eigenvalue weighted by atomic mass is 32.1. The van der Waals surface area contributed by atoms with Crippen molar-refractivity contribution in [1.29, 1.82) is 0 Å². The molecular weight excluding hydrogens is 223 g/mol. The van der Waals surface area contributed by atoms with E-state index >= 15 is 0 Å². The van der Waals surface area contributed by atoms with Crippen LogP contribution in [0.25, 0.3) is 0 Å². The number of ether oxygens (including phenoxy) is 1. The van der Waals surface area contributed by atoms with Gasteiger partial charge in [-0.15, -0.1) is 0 Å². The number of aryl methyl sites for hydroxylation is 1. The van der Waals surface area contributed by atoms with Gasteiger partial charge in [-0.3, -0.25) is 0 Å². The smallest absolute Gasteiger partial charge is 0.129 e. The summed E-state index contributed by atoms with van der Waals surface area (Å²) in [7, 11) is 0. The van der Waals surface area contributed by atoms with E-state index < -0.39 is 0 Å². The third kappa shape index (κ3) is 4.05. The van der Waals surface area contributed by atoms with Gasteiger partial charge in [0.15, 0.2) is 0 Å². The molecule has 1 aromatic rings. The van der Waals surface area contributed by atoms with Crippen LogP contribution in [0.4, 0.5) is 4.39 Å². The summed E-state index contributed by atoms with van der Waals surface area (Å²) < 4.78 is 18.8. The van der Waals surface area contributed by atoms with Crippen LogP contribution in [-0.2, 0) is 0 Å². The second-order valence-electron chi connectivity index (χ2n) is 4.06. The Morgan fingerprint density at radius 3 is 2.75 bits per heavy atom. The van der Waals surface area contributed by atoms with Crippen LogP contribution in [0.2, 0.25) is 0 Å². The van der Waals surface area contributed by atoms with Gasteiger partial charge in [-0.2, -0.15) is 12.6 Å². The molecule has 0 aliphatic carbocycles. The van der Waals surface area contributed by atoms with Crippen molar-refractivity contribution in [3.63, 3.8) is 0 Å². The van der Waals surface area contributed by atoms with E-state index in [2.05, 4.69) is 19.6 Å². The molecule has 0 saturated carbocycles. The molecule has 0 aliphatic heterocycles. The first-order valence-corrected chi connectivity index (χ1v) is 6.30. The summed E-state index contributed by atoms with van der Waals surface area (Å²) in [4.78, 5) is 0. The largest absolute Gasteiger partial charge is 0.493 e. The number of hydrogen-bond acceptors (Lipinski definition) is 2. The summed E-state index contributed by atoms with van der Waals surface area (Å²) in [6, 6.07) is 4.98. The Morgan fingerprint density at radius 1 is 1.44 bits per heavy atom. The minimum atomic E-state index is -0.213. The van der Waals surface area contributed by atoms with Gasteiger partial charge in [0.2, 0.25) is 0 Å². The molecular formula is C13H19FOS. The molecule has 0 N–H and O–H groups in total. The summed E-state index contributed by atoms with van der Waals surface area (Å²) in [5.41, 5.74) is 0.645. The number of hydrogen-bond donors (Lipinski definition) is 1. The Balaban J connectivity index is 2.50. The quantitative estimate of drug-likeness (QED) is 0.745. The predicted molar refractivity (Wildman–Crippen MR) is 68.9 cm³/mol. The van der Waals surface area contributed by atoms with E-state index in [4.69, 9.17) is 4.74 Å². The molecule has 0 aromatic heterocycles. The van der Waals surface area contributed by atoms with Crippen LogP contribution in [-0.4, -0.2) is 12.4 Å². The van der Waals surface area contributed by atoms with Crippen molar-refractivity contribution in [2.45, 2.75) is 26.7 Å². The SMILES string of the molecule is CCCC(CS)COc1ccc(C)c(F)c1. The molecule has 0 heterocycles. The van der Waals surface area contributed by atoms with Crippen LogP contribution in [0.1, 0.15) is 25.3 Å². The standard InChI is InChI=1S/C13H19FOS/c1-3-4-11(9-16)8-15-12-6-5-10(2)13(14)7-12/h5-7,11,16H,3-4,8-9H2,1-2H3. The molecule has 1 atom stereocenters. The van der Waals surface area contributed by atoms with E-state index in [1.54, 1.807) is 19.1 Å². The molecule has 0 spiro atoms. The number of halogens is 1. The fourth-order valence-corrected chi connectivity index (χ4v) is 1.80. The molecule has 0 amide bonds. The van der Waals surface area contributed by atoms with Crippen LogP contribution < -0.4 is 4.74 Å². The average Bonchev–Trinajstić information content (AvgIpc) is 2.28. The zero-order valence-corrected chi connectivity index (χ0v) is 10.8. The van der Waals surface area contributed by atoms with Crippen LogP contribution in [0.15, 0.2) is 18.2 Å². The van der Waals surface area contributed by atoms with Crippen molar-refractivity contribution in [2.24, 2.45) is 5.92 Å². The lowest BCUT2D eigenvalue weighted by atomic mass is 10.1. The third-order valence-electron chi connectivity index (χ3n) is 2.58. The van der Waals surface area contributed by atoms with E-state index in [0.717, 1.165) is 18.6 Å². The molecule has 1 aromatic carbocycles. The van der Waals surface area contributed by atoms with Gasteiger partial charge in [0.1, 0.15) is 11.6 Å². The highest BCUT2D eigenvalue weighted by molar-refractivity contribution is 7.80. The highest BCUT2D eigenvalue weighted by Crippen LogP contribution is 2.18. The lowest BCUT2D eigenvalue weighted by molar-refractivity contribution is 0.253. The van der Waals surface area contributed by atoms with E-state index in [0.29, 0.717) is 23.8 Å². The summed E-state index contributed by atoms with van der Waals surface area (Å²) in [6.07, 6.45) is 2.22. The summed E-state index contributed by atoms with van der Waals surface area (Å²) in [5.74, 6) is 1.64. The van der Waals surface area contributed by atoms with Gasteiger partial charge in [-0.05, 0) is 30.7 Å². The van der Waals surface area contributed by atoms with E-state index in [1.807, 2.05) is 0 Å². The molecule has 1 nitrogen and oxygen atoms in total. The maximum absolute atomic E-state index is 13.2. The number of rotatable bonds is 6. The summed E-state index contributed by atoms with van der Waals surface area (Å²) in [6.45, 7) is 4.49. The summed E-state index contributed by atoms with van der Waals surface area (Å²) in [5, 5.41) is 0. The Hall–Kier alpha value is -0.700. The fourth-order valence-electron chi connectivity index (χ4n) is 1.51. The first-order chi connectivity index (χ1) is 7.67. The van der Waals surface area contributed by atoms with Crippen molar-refractivity contribution < 1.29 is 9.13 Å². The first kappa shape index (κ1) is 13.4. The van der Waals surface area contributed by atoms with Gasteiger partial charge >= 0.3 is 0 Å². The van der Waals surface area contributed by atoms with Crippen molar-refractivity contribution in [1.82, 2.24) is 0 Å². The molecule has 1 rings (SSSR count). The van der Waals surface area contributed by atoms with Gasteiger partial charge in [-0.1, -0.05) is 19.4 Å². The summed E-state index contributed by atoms with van der Waals surface area (Å²) >= 11 is 4.28. The van der Waals surface area contributed by atoms with Gasteiger partial charge in [0.05, 0.1) is 6.61 Å². The van der Waals surface area contributed by atoms with Gasteiger partial charge in [0, 0.05) is 12.0 Å². The monoisotopic (exact) mass is 242 g/mol. The number of thiol groups is 1. The lowest BCUT2D eigenvalue weighted by Gasteiger charge is -2.14. The van der Waals surface area contributed by atoms with Crippen LogP contribution >= 0.6 is 12.6 Å². The minimum absolute atomic E-state index is 0.213. The molecule has 16 heavy (non-hydrogen) atoms. The van der Waals surface area contributed by atoms with E-state index in [1.165, 1.54) is 6.07 Å². The van der Waals surface area contributed by atoms with Crippen LogP contribution in [0.5, 0.6) is 5.75 Å². The minimum Gasteiger partial charge on any atom is -0.493 e.